The Morgan fingerprint density at radius 3 is 2.32 bits per heavy atom. The first kappa shape index (κ1) is 24.7. The number of nitro benzene ring substituents is 1. The van der Waals surface area contributed by atoms with Gasteiger partial charge >= 0.3 is 0 Å². The number of benzene rings is 3. The molecule has 3 rings (SSSR count). The molecule has 0 saturated heterocycles. The van der Waals surface area contributed by atoms with E-state index in [1.807, 2.05) is 19.1 Å². The largest absolute Gasteiger partial charge is 0.497 e. The van der Waals surface area contributed by atoms with E-state index in [1.165, 1.54) is 30.3 Å². The van der Waals surface area contributed by atoms with Crippen LogP contribution in [0.3, 0.4) is 0 Å². The lowest BCUT2D eigenvalue weighted by Gasteiger charge is -2.25. The third-order valence-electron chi connectivity index (χ3n) is 5.21. The van der Waals surface area contributed by atoms with Crippen molar-refractivity contribution in [3.63, 3.8) is 0 Å². The highest BCUT2D eigenvalue weighted by Gasteiger charge is 2.29. The number of carbonyl (C=O) groups is 1. The molecule has 0 spiro atoms. The number of hydrogen-bond donors (Lipinski definition) is 1. The van der Waals surface area contributed by atoms with Crippen molar-refractivity contribution in [2.24, 2.45) is 0 Å². The summed E-state index contributed by atoms with van der Waals surface area (Å²) in [5, 5.41) is 14.1. The van der Waals surface area contributed by atoms with Crippen LogP contribution in [0.15, 0.2) is 83.8 Å². The van der Waals surface area contributed by atoms with Gasteiger partial charge in [-0.2, -0.15) is 0 Å². The van der Waals surface area contributed by atoms with Crippen LogP contribution >= 0.6 is 0 Å². The summed E-state index contributed by atoms with van der Waals surface area (Å²) >= 11 is 0. The number of sulfonamides is 1. The van der Waals surface area contributed by atoms with E-state index in [-0.39, 0.29) is 22.3 Å². The second kappa shape index (κ2) is 10.8. The molecule has 1 amide bonds. The van der Waals surface area contributed by atoms with Crippen LogP contribution in [-0.2, 0) is 14.8 Å². The Hall–Kier alpha value is -3.92. The number of nitrogens with zero attached hydrogens (tertiary/aromatic N) is 2. The van der Waals surface area contributed by atoms with Gasteiger partial charge in [-0.05, 0) is 42.3 Å². The second-order valence-corrected chi connectivity index (χ2v) is 9.27. The molecule has 0 aliphatic heterocycles. The number of carbonyl (C=O) groups excluding carboxylic acids is 1. The summed E-state index contributed by atoms with van der Waals surface area (Å²) in [4.78, 5) is 23.6. The molecule has 34 heavy (non-hydrogen) atoms. The Balaban J connectivity index is 1.92. The van der Waals surface area contributed by atoms with E-state index in [9.17, 15) is 23.3 Å². The third kappa shape index (κ3) is 5.70. The maximum atomic E-state index is 13.4. The lowest BCUT2D eigenvalue weighted by molar-refractivity contribution is -0.384. The summed E-state index contributed by atoms with van der Waals surface area (Å²) in [5.74, 6) is 0.129. The van der Waals surface area contributed by atoms with Crippen LogP contribution in [-0.4, -0.2) is 32.9 Å². The zero-order chi connectivity index (χ0) is 24.7. The monoisotopic (exact) mass is 483 g/mol. The summed E-state index contributed by atoms with van der Waals surface area (Å²) in [6.07, 6.45) is 0.570. The van der Waals surface area contributed by atoms with Gasteiger partial charge < -0.3 is 10.1 Å². The Bertz CT molecular complexity index is 1250. The highest BCUT2D eigenvalue weighted by molar-refractivity contribution is 7.92. The van der Waals surface area contributed by atoms with Crippen LogP contribution in [0, 0.1) is 10.1 Å². The van der Waals surface area contributed by atoms with Gasteiger partial charge in [0.15, 0.2) is 0 Å². The number of nitrogens with one attached hydrogen (secondary N) is 1. The zero-order valence-electron chi connectivity index (χ0n) is 18.7. The molecule has 0 unspecified atom stereocenters. The normalized spacial score (nSPS) is 11.9. The summed E-state index contributed by atoms with van der Waals surface area (Å²) in [6, 6.07) is 19.7. The minimum absolute atomic E-state index is 0.0192. The predicted octanol–water partition coefficient (Wildman–Crippen LogP) is 4.07. The van der Waals surface area contributed by atoms with Crippen molar-refractivity contribution in [1.29, 1.82) is 0 Å². The maximum absolute atomic E-state index is 13.4. The first-order valence-electron chi connectivity index (χ1n) is 10.5. The SMILES string of the molecule is CC[C@H](NC(=O)CN(c1cccc([N+](=O)[O-])c1)S(=O)(=O)c1ccccc1)c1ccc(OC)cc1. The van der Waals surface area contributed by atoms with E-state index < -0.39 is 27.4 Å². The molecular formula is C24H25N3O6S. The Labute approximate surface area is 198 Å². The zero-order valence-corrected chi connectivity index (χ0v) is 19.6. The van der Waals surface area contributed by atoms with Gasteiger partial charge in [0.2, 0.25) is 5.91 Å². The Morgan fingerprint density at radius 1 is 1.06 bits per heavy atom. The number of anilines is 1. The fraction of sp³-hybridized carbons (Fsp3) is 0.208. The molecule has 0 aliphatic carbocycles. The molecule has 0 saturated carbocycles. The highest BCUT2D eigenvalue weighted by atomic mass is 32.2. The molecule has 0 bridgehead atoms. The number of nitro groups is 1. The van der Waals surface area contributed by atoms with Gasteiger partial charge in [0.1, 0.15) is 12.3 Å². The number of ether oxygens (including phenoxy) is 1. The van der Waals surface area contributed by atoms with E-state index in [2.05, 4.69) is 5.32 Å². The van der Waals surface area contributed by atoms with Crippen molar-refractivity contribution in [2.45, 2.75) is 24.3 Å². The van der Waals surface area contributed by atoms with Crippen LogP contribution in [0.2, 0.25) is 0 Å². The van der Waals surface area contributed by atoms with Crippen LogP contribution in [0.5, 0.6) is 5.75 Å². The molecule has 10 heteroatoms. The quantitative estimate of drug-likeness (QED) is 0.343. The molecule has 178 valence electrons. The van der Waals surface area contributed by atoms with E-state index in [4.69, 9.17) is 4.74 Å². The number of hydrogen-bond acceptors (Lipinski definition) is 6. The molecule has 0 heterocycles. The van der Waals surface area contributed by atoms with Gasteiger partial charge in [-0.25, -0.2) is 8.42 Å². The lowest BCUT2D eigenvalue weighted by atomic mass is 10.0. The van der Waals surface area contributed by atoms with Gasteiger partial charge in [-0.1, -0.05) is 43.3 Å². The summed E-state index contributed by atoms with van der Waals surface area (Å²) in [7, 11) is -2.62. The van der Waals surface area contributed by atoms with Crippen molar-refractivity contribution in [3.8, 4) is 5.75 Å². The van der Waals surface area contributed by atoms with Crippen LogP contribution in [0.4, 0.5) is 11.4 Å². The molecule has 0 radical (unpaired) electrons. The fourth-order valence-corrected chi connectivity index (χ4v) is 4.86. The fourth-order valence-electron chi connectivity index (χ4n) is 3.42. The third-order valence-corrected chi connectivity index (χ3v) is 7.00. The minimum Gasteiger partial charge on any atom is -0.497 e. The number of non-ortho nitro benzene ring substituents is 1. The molecule has 0 aromatic heterocycles. The van der Waals surface area contributed by atoms with Crippen LogP contribution in [0.25, 0.3) is 0 Å². The smallest absolute Gasteiger partial charge is 0.271 e. The van der Waals surface area contributed by atoms with E-state index >= 15 is 0 Å². The Kier molecular flexibility index (Phi) is 7.85. The first-order chi connectivity index (χ1) is 16.3. The highest BCUT2D eigenvalue weighted by Crippen LogP contribution is 2.27. The molecule has 1 atom stereocenters. The molecule has 0 aliphatic rings. The topological polar surface area (TPSA) is 119 Å². The van der Waals surface area contributed by atoms with Crippen molar-refractivity contribution in [2.75, 3.05) is 18.0 Å². The van der Waals surface area contributed by atoms with E-state index in [1.54, 1.807) is 37.4 Å². The maximum Gasteiger partial charge on any atom is 0.271 e. The predicted molar refractivity (Wildman–Crippen MR) is 128 cm³/mol. The van der Waals surface area contributed by atoms with Gasteiger partial charge in [-0.15, -0.1) is 0 Å². The van der Waals surface area contributed by atoms with Gasteiger partial charge in [0.05, 0.1) is 28.7 Å². The molecule has 3 aromatic carbocycles. The van der Waals surface area contributed by atoms with Gasteiger partial charge in [0.25, 0.3) is 15.7 Å². The molecule has 1 N–H and O–H groups in total. The summed E-state index contributed by atoms with van der Waals surface area (Å²) < 4.78 is 32.9. The van der Waals surface area contributed by atoms with Crippen LogP contribution < -0.4 is 14.4 Å². The molecular weight excluding hydrogens is 458 g/mol. The number of amides is 1. The molecule has 3 aromatic rings. The molecule has 0 fully saturated rings. The number of rotatable bonds is 10. The average molecular weight is 484 g/mol. The van der Waals surface area contributed by atoms with Crippen molar-refractivity contribution in [1.82, 2.24) is 5.32 Å². The van der Waals surface area contributed by atoms with Gasteiger partial charge in [0, 0.05) is 12.1 Å². The number of methoxy groups -OCH3 is 1. The average Bonchev–Trinajstić information content (AvgIpc) is 2.86. The van der Waals surface area contributed by atoms with Crippen molar-refractivity contribution in [3.05, 3.63) is 94.5 Å². The molecule has 9 nitrogen and oxygen atoms in total. The van der Waals surface area contributed by atoms with Crippen molar-refractivity contribution >= 4 is 27.3 Å². The van der Waals surface area contributed by atoms with Crippen molar-refractivity contribution < 1.29 is 22.9 Å². The minimum atomic E-state index is -4.17. The summed E-state index contributed by atoms with van der Waals surface area (Å²) in [6.45, 7) is 1.35. The Morgan fingerprint density at radius 2 is 1.74 bits per heavy atom. The summed E-state index contributed by atoms with van der Waals surface area (Å²) in [5.41, 5.74) is 0.575. The standard InChI is InChI=1S/C24H25N3O6S/c1-3-23(18-12-14-21(33-2)15-13-18)25-24(28)17-26(19-8-7-9-20(16-19)27(29)30)34(31,32)22-10-5-4-6-11-22/h4-16,23H,3,17H2,1-2H3,(H,25,28)/t23-/m0/s1. The second-order valence-electron chi connectivity index (χ2n) is 7.40. The lowest BCUT2D eigenvalue weighted by Crippen LogP contribution is -2.42. The van der Waals surface area contributed by atoms with Crippen LogP contribution in [0.1, 0.15) is 24.9 Å². The van der Waals surface area contributed by atoms with E-state index in [0.717, 1.165) is 15.9 Å². The van der Waals surface area contributed by atoms with Gasteiger partial charge in [-0.3, -0.25) is 19.2 Å². The first-order valence-corrected chi connectivity index (χ1v) is 12.0. The van der Waals surface area contributed by atoms with E-state index in [0.29, 0.717) is 12.2 Å².